The number of halogens is 1. The molecule has 6 nitrogen and oxygen atoms in total. The lowest BCUT2D eigenvalue weighted by molar-refractivity contribution is -0.121. The Morgan fingerprint density at radius 2 is 1.80 bits per heavy atom. The van der Waals surface area contributed by atoms with Crippen LogP contribution >= 0.6 is 11.6 Å². The van der Waals surface area contributed by atoms with Gasteiger partial charge in [0.2, 0.25) is 15.9 Å². The lowest BCUT2D eigenvalue weighted by Crippen LogP contribution is -2.39. The molecule has 0 saturated carbocycles. The first kappa shape index (κ1) is 22.7. The van der Waals surface area contributed by atoms with Gasteiger partial charge in [0.1, 0.15) is 0 Å². The Morgan fingerprint density at radius 1 is 1.10 bits per heavy atom. The third-order valence-electron chi connectivity index (χ3n) is 5.18. The van der Waals surface area contributed by atoms with Crippen molar-refractivity contribution in [1.29, 1.82) is 0 Å². The van der Waals surface area contributed by atoms with E-state index in [0.717, 1.165) is 35.8 Å². The molecule has 2 aromatic carbocycles. The quantitative estimate of drug-likeness (QED) is 0.638. The highest BCUT2D eigenvalue weighted by Crippen LogP contribution is 2.18. The average Bonchev–Trinajstić information content (AvgIpc) is 3.20. The minimum Gasteiger partial charge on any atom is -0.351 e. The van der Waals surface area contributed by atoms with Gasteiger partial charge in [-0.3, -0.25) is 9.69 Å². The number of rotatable bonds is 9. The molecule has 162 valence electrons. The molecule has 0 bridgehead atoms. The first-order valence-corrected chi connectivity index (χ1v) is 12.3. The second-order valence-corrected chi connectivity index (χ2v) is 10.1. The monoisotopic (exact) mass is 449 g/mol. The van der Waals surface area contributed by atoms with Crippen molar-refractivity contribution in [3.05, 3.63) is 70.2 Å². The van der Waals surface area contributed by atoms with Crippen molar-refractivity contribution in [1.82, 2.24) is 14.5 Å². The van der Waals surface area contributed by atoms with Gasteiger partial charge in [-0.2, -0.15) is 4.31 Å². The predicted octanol–water partition coefficient (Wildman–Crippen LogP) is 3.01. The highest BCUT2D eigenvalue weighted by atomic mass is 35.5. The molecule has 1 heterocycles. The van der Waals surface area contributed by atoms with E-state index in [1.165, 1.54) is 18.4 Å². The summed E-state index contributed by atoms with van der Waals surface area (Å²) in [6, 6.07) is 15.2. The zero-order valence-electron chi connectivity index (χ0n) is 17.2. The maximum Gasteiger partial charge on any atom is 0.235 e. The van der Waals surface area contributed by atoms with E-state index in [2.05, 4.69) is 22.3 Å². The van der Waals surface area contributed by atoms with E-state index in [-0.39, 0.29) is 19.0 Å². The van der Waals surface area contributed by atoms with Crippen LogP contribution in [0.3, 0.4) is 0 Å². The molecule has 0 aromatic heterocycles. The lowest BCUT2D eigenvalue weighted by atomic mass is 10.1. The molecule has 0 aliphatic carbocycles. The van der Waals surface area contributed by atoms with Gasteiger partial charge < -0.3 is 5.32 Å². The first-order valence-electron chi connectivity index (χ1n) is 10.1. The summed E-state index contributed by atoms with van der Waals surface area (Å²) < 4.78 is 25.5. The topological polar surface area (TPSA) is 69.7 Å². The van der Waals surface area contributed by atoms with E-state index in [9.17, 15) is 13.2 Å². The minimum absolute atomic E-state index is 0.0528. The number of carbonyl (C=O) groups excluding carboxylic acids is 1. The highest BCUT2D eigenvalue weighted by molar-refractivity contribution is 7.88. The van der Waals surface area contributed by atoms with Crippen LogP contribution in [0.1, 0.15) is 29.5 Å². The van der Waals surface area contributed by atoms with Crippen LogP contribution in [-0.4, -0.2) is 49.4 Å². The fourth-order valence-electron chi connectivity index (χ4n) is 3.56. The molecule has 1 aliphatic rings. The van der Waals surface area contributed by atoms with Gasteiger partial charge in [-0.25, -0.2) is 8.42 Å². The van der Waals surface area contributed by atoms with Crippen LogP contribution in [0.5, 0.6) is 0 Å². The van der Waals surface area contributed by atoms with Crippen molar-refractivity contribution in [3.63, 3.8) is 0 Å². The van der Waals surface area contributed by atoms with Crippen LogP contribution in [0.15, 0.2) is 48.5 Å². The molecule has 1 saturated heterocycles. The molecule has 0 unspecified atom stereocenters. The average molecular weight is 450 g/mol. The van der Waals surface area contributed by atoms with E-state index < -0.39 is 10.0 Å². The SMILES string of the molecule is CS(=O)(=O)N(CC(=O)NCc1cccc(CN2CCCC2)c1)Cc1ccccc1Cl. The predicted molar refractivity (Wildman–Crippen MR) is 120 cm³/mol. The Balaban J connectivity index is 1.57. The number of benzene rings is 2. The molecule has 8 heteroatoms. The number of sulfonamides is 1. The summed E-state index contributed by atoms with van der Waals surface area (Å²) in [7, 11) is -3.57. The lowest BCUT2D eigenvalue weighted by Gasteiger charge is -2.20. The van der Waals surface area contributed by atoms with Gasteiger partial charge in [0.15, 0.2) is 0 Å². The molecule has 0 spiro atoms. The number of nitrogens with zero attached hydrogens (tertiary/aromatic N) is 2. The van der Waals surface area contributed by atoms with E-state index in [1.807, 2.05) is 12.1 Å². The largest absolute Gasteiger partial charge is 0.351 e. The smallest absolute Gasteiger partial charge is 0.235 e. The van der Waals surface area contributed by atoms with Crippen LogP contribution in [0.4, 0.5) is 0 Å². The summed E-state index contributed by atoms with van der Waals surface area (Å²) in [5.41, 5.74) is 2.88. The van der Waals surface area contributed by atoms with E-state index in [1.54, 1.807) is 24.3 Å². The number of hydrogen-bond donors (Lipinski definition) is 1. The second kappa shape index (κ2) is 10.4. The van der Waals surface area contributed by atoms with Gasteiger partial charge in [-0.05, 0) is 48.7 Å². The maximum absolute atomic E-state index is 12.5. The Bertz CT molecular complexity index is 975. The number of likely N-dealkylation sites (tertiary alicyclic amines) is 1. The van der Waals surface area contributed by atoms with Crippen molar-refractivity contribution in [2.24, 2.45) is 0 Å². The van der Waals surface area contributed by atoms with Gasteiger partial charge in [0.25, 0.3) is 0 Å². The molecule has 1 aliphatic heterocycles. The minimum atomic E-state index is -3.57. The van der Waals surface area contributed by atoms with Crippen LogP contribution in [0.25, 0.3) is 0 Å². The van der Waals surface area contributed by atoms with E-state index in [0.29, 0.717) is 17.1 Å². The summed E-state index contributed by atoms with van der Waals surface area (Å²) in [6.07, 6.45) is 3.60. The number of amides is 1. The van der Waals surface area contributed by atoms with Crippen LogP contribution in [-0.2, 0) is 34.5 Å². The van der Waals surface area contributed by atoms with Crippen molar-refractivity contribution in [2.45, 2.75) is 32.5 Å². The van der Waals surface area contributed by atoms with Crippen LogP contribution < -0.4 is 5.32 Å². The molecular formula is C22H28ClN3O3S. The van der Waals surface area contributed by atoms with Gasteiger partial charge in [0.05, 0.1) is 12.8 Å². The van der Waals surface area contributed by atoms with Crippen molar-refractivity contribution >= 4 is 27.5 Å². The molecule has 0 radical (unpaired) electrons. The van der Waals surface area contributed by atoms with Crippen molar-refractivity contribution < 1.29 is 13.2 Å². The number of hydrogen-bond acceptors (Lipinski definition) is 4. The Morgan fingerprint density at radius 3 is 2.50 bits per heavy atom. The number of nitrogens with one attached hydrogen (secondary N) is 1. The fourth-order valence-corrected chi connectivity index (χ4v) is 4.48. The van der Waals surface area contributed by atoms with Crippen molar-refractivity contribution in [3.8, 4) is 0 Å². The molecular weight excluding hydrogens is 422 g/mol. The Kier molecular flexibility index (Phi) is 7.88. The Labute approximate surface area is 183 Å². The van der Waals surface area contributed by atoms with Crippen LogP contribution in [0, 0.1) is 0 Å². The molecule has 0 atom stereocenters. The highest BCUT2D eigenvalue weighted by Gasteiger charge is 2.21. The van der Waals surface area contributed by atoms with Crippen LogP contribution in [0.2, 0.25) is 5.02 Å². The second-order valence-electron chi connectivity index (χ2n) is 7.70. The summed E-state index contributed by atoms with van der Waals surface area (Å²) in [5, 5.41) is 3.30. The zero-order chi connectivity index (χ0) is 21.6. The third kappa shape index (κ3) is 6.80. The number of carbonyl (C=O) groups is 1. The summed E-state index contributed by atoms with van der Waals surface area (Å²) in [5.74, 6) is -0.350. The maximum atomic E-state index is 12.5. The zero-order valence-corrected chi connectivity index (χ0v) is 18.8. The fraction of sp³-hybridized carbons (Fsp3) is 0.409. The summed E-state index contributed by atoms with van der Waals surface area (Å²) in [6.45, 7) is 3.34. The van der Waals surface area contributed by atoms with E-state index >= 15 is 0 Å². The molecule has 1 amide bonds. The summed E-state index contributed by atoms with van der Waals surface area (Å²) >= 11 is 6.15. The van der Waals surface area contributed by atoms with E-state index in [4.69, 9.17) is 11.6 Å². The molecule has 2 aromatic rings. The third-order valence-corrected chi connectivity index (χ3v) is 6.74. The van der Waals surface area contributed by atoms with Gasteiger partial charge >= 0.3 is 0 Å². The first-order chi connectivity index (χ1) is 14.3. The summed E-state index contributed by atoms with van der Waals surface area (Å²) in [4.78, 5) is 14.9. The van der Waals surface area contributed by atoms with Gasteiger partial charge in [-0.15, -0.1) is 0 Å². The normalized spacial score (nSPS) is 14.9. The van der Waals surface area contributed by atoms with Gasteiger partial charge in [0, 0.05) is 24.7 Å². The molecule has 3 rings (SSSR count). The molecule has 1 N–H and O–H groups in total. The Hall–Kier alpha value is -1.93. The van der Waals surface area contributed by atoms with Gasteiger partial charge in [-0.1, -0.05) is 54.1 Å². The standard InChI is InChI=1S/C22H28ClN3O3S/c1-30(28,29)26(16-20-9-2-3-10-21(20)23)17-22(27)24-14-18-7-6-8-19(13-18)15-25-11-4-5-12-25/h2-3,6-10,13H,4-5,11-12,14-17H2,1H3,(H,24,27). The van der Waals surface area contributed by atoms with Crippen molar-refractivity contribution in [2.75, 3.05) is 25.9 Å². The molecule has 1 fully saturated rings. The molecule has 30 heavy (non-hydrogen) atoms.